The minimum atomic E-state index is 0.692. The molecular formula is C17H21ClN2O. The lowest BCUT2D eigenvalue weighted by Gasteiger charge is -2.26. The first kappa shape index (κ1) is 14.5. The average molecular weight is 305 g/mol. The van der Waals surface area contributed by atoms with E-state index in [-0.39, 0.29) is 0 Å². The smallest absolute Gasteiger partial charge is 0.123 e. The van der Waals surface area contributed by atoms with Crippen molar-refractivity contribution in [3.8, 4) is 0 Å². The summed E-state index contributed by atoms with van der Waals surface area (Å²) in [6.07, 6.45) is 4.30. The van der Waals surface area contributed by atoms with Crippen molar-refractivity contribution in [1.82, 2.24) is 5.32 Å². The summed E-state index contributed by atoms with van der Waals surface area (Å²) in [5, 5.41) is 4.37. The Kier molecular flexibility index (Phi) is 4.51. The van der Waals surface area contributed by atoms with Crippen LogP contribution in [0, 0.1) is 0 Å². The minimum Gasteiger partial charge on any atom is -0.467 e. The molecule has 0 bridgehead atoms. The van der Waals surface area contributed by atoms with E-state index in [1.54, 1.807) is 6.26 Å². The molecule has 0 amide bonds. The molecule has 3 nitrogen and oxygen atoms in total. The van der Waals surface area contributed by atoms with Crippen molar-refractivity contribution in [2.75, 3.05) is 11.4 Å². The highest BCUT2D eigenvalue weighted by atomic mass is 35.5. The van der Waals surface area contributed by atoms with Crippen molar-refractivity contribution in [2.45, 2.75) is 38.9 Å². The zero-order chi connectivity index (χ0) is 14.7. The zero-order valence-electron chi connectivity index (χ0n) is 12.3. The molecule has 3 rings (SSSR count). The standard InChI is InChI=1S/C17H21ClN2O/c1-2-20(12-15-6-4-10-21-15)17-13(5-3-7-16(17)18)11-19-14-8-9-14/h3-7,10,14,19H,2,8-9,11-12H2,1H3. The van der Waals surface area contributed by atoms with E-state index in [0.29, 0.717) is 6.04 Å². The van der Waals surface area contributed by atoms with Crippen LogP contribution in [0.1, 0.15) is 31.1 Å². The number of anilines is 1. The Balaban J connectivity index is 1.82. The van der Waals surface area contributed by atoms with Gasteiger partial charge in [-0.05, 0) is 43.5 Å². The highest BCUT2D eigenvalue weighted by Gasteiger charge is 2.22. The molecule has 1 aliphatic carbocycles. The van der Waals surface area contributed by atoms with Crippen LogP contribution in [0.3, 0.4) is 0 Å². The van der Waals surface area contributed by atoms with Gasteiger partial charge in [0.15, 0.2) is 0 Å². The van der Waals surface area contributed by atoms with Crippen molar-refractivity contribution in [1.29, 1.82) is 0 Å². The highest BCUT2D eigenvalue weighted by Crippen LogP contribution is 2.32. The molecule has 21 heavy (non-hydrogen) atoms. The van der Waals surface area contributed by atoms with Crippen LogP contribution >= 0.6 is 11.6 Å². The molecule has 0 atom stereocenters. The first-order chi connectivity index (χ1) is 10.3. The van der Waals surface area contributed by atoms with Gasteiger partial charge in [-0.15, -0.1) is 0 Å². The molecule has 1 aromatic heterocycles. The molecule has 1 N–H and O–H groups in total. The molecule has 1 heterocycles. The highest BCUT2D eigenvalue weighted by molar-refractivity contribution is 6.33. The molecule has 0 saturated heterocycles. The topological polar surface area (TPSA) is 28.4 Å². The Labute approximate surface area is 130 Å². The second-order valence-corrected chi connectivity index (χ2v) is 5.90. The molecule has 0 unspecified atom stereocenters. The SMILES string of the molecule is CCN(Cc1ccco1)c1c(Cl)cccc1CNC1CC1. The molecule has 1 aliphatic rings. The van der Waals surface area contributed by atoms with E-state index in [4.69, 9.17) is 16.0 Å². The monoisotopic (exact) mass is 304 g/mol. The van der Waals surface area contributed by atoms with Crippen LogP contribution in [0.4, 0.5) is 5.69 Å². The first-order valence-corrected chi connectivity index (χ1v) is 7.94. The van der Waals surface area contributed by atoms with Gasteiger partial charge >= 0.3 is 0 Å². The molecule has 2 aromatic rings. The molecule has 4 heteroatoms. The Morgan fingerprint density at radius 1 is 1.29 bits per heavy atom. The summed E-state index contributed by atoms with van der Waals surface area (Å²) in [7, 11) is 0. The van der Waals surface area contributed by atoms with Gasteiger partial charge in [-0.3, -0.25) is 0 Å². The van der Waals surface area contributed by atoms with Crippen LogP contribution in [0.25, 0.3) is 0 Å². The van der Waals surface area contributed by atoms with Crippen LogP contribution in [0.15, 0.2) is 41.0 Å². The summed E-state index contributed by atoms with van der Waals surface area (Å²) < 4.78 is 5.47. The number of para-hydroxylation sites is 1. The fraction of sp³-hybridized carbons (Fsp3) is 0.412. The molecule has 112 valence electrons. The van der Waals surface area contributed by atoms with Gasteiger partial charge in [0.25, 0.3) is 0 Å². The number of furan rings is 1. The summed E-state index contributed by atoms with van der Waals surface area (Å²) in [6.45, 7) is 4.64. The van der Waals surface area contributed by atoms with E-state index in [1.807, 2.05) is 24.3 Å². The summed E-state index contributed by atoms with van der Waals surface area (Å²) >= 11 is 6.47. The van der Waals surface area contributed by atoms with E-state index >= 15 is 0 Å². The van der Waals surface area contributed by atoms with E-state index in [1.165, 1.54) is 18.4 Å². The third-order valence-electron chi connectivity index (χ3n) is 3.85. The molecule has 1 saturated carbocycles. The molecule has 1 fully saturated rings. The minimum absolute atomic E-state index is 0.692. The van der Waals surface area contributed by atoms with E-state index in [0.717, 1.165) is 36.1 Å². The maximum Gasteiger partial charge on any atom is 0.123 e. The van der Waals surface area contributed by atoms with Gasteiger partial charge in [0.2, 0.25) is 0 Å². The van der Waals surface area contributed by atoms with Crippen LogP contribution in [-0.4, -0.2) is 12.6 Å². The largest absolute Gasteiger partial charge is 0.467 e. The number of nitrogens with one attached hydrogen (secondary N) is 1. The second kappa shape index (κ2) is 6.54. The quantitative estimate of drug-likeness (QED) is 0.830. The summed E-state index contributed by atoms with van der Waals surface area (Å²) in [5.74, 6) is 0.956. The van der Waals surface area contributed by atoms with Gasteiger partial charge in [-0.25, -0.2) is 0 Å². The van der Waals surface area contributed by atoms with E-state index in [2.05, 4.69) is 23.2 Å². The van der Waals surface area contributed by atoms with E-state index in [9.17, 15) is 0 Å². The molecule has 0 spiro atoms. The third kappa shape index (κ3) is 3.60. The summed E-state index contributed by atoms with van der Waals surface area (Å²) in [6, 6.07) is 10.8. The predicted octanol–water partition coefficient (Wildman–Crippen LogP) is 4.21. The van der Waals surface area contributed by atoms with Crippen molar-refractivity contribution >= 4 is 17.3 Å². The Morgan fingerprint density at radius 3 is 2.81 bits per heavy atom. The number of halogens is 1. The maximum absolute atomic E-state index is 6.47. The van der Waals surface area contributed by atoms with Crippen LogP contribution in [-0.2, 0) is 13.1 Å². The van der Waals surface area contributed by atoms with Gasteiger partial charge in [0.05, 0.1) is 23.5 Å². The van der Waals surface area contributed by atoms with Crippen molar-refractivity contribution < 1.29 is 4.42 Å². The van der Waals surface area contributed by atoms with E-state index < -0.39 is 0 Å². The molecule has 1 aromatic carbocycles. The van der Waals surface area contributed by atoms with Gasteiger partial charge in [0.1, 0.15) is 5.76 Å². The molecule has 0 aliphatic heterocycles. The first-order valence-electron chi connectivity index (χ1n) is 7.56. The van der Waals surface area contributed by atoms with Gasteiger partial charge in [-0.1, -0.05) is 23.7 Å². The normalized spacial score (nSPS) is 14.4. The van der Waals surface area contributed by atoms with Gasteiger partial charge in [0, 0.05) is 19.1 Å². The van der Waals surface area contributed by atoms with Gasteiger partial charge in [-0.2, -0.15) is 0 Å². The Bertz CT molecular complexity index is 578. The lowest BCUT2D eigenvalue weighted by molar-refractivity contribution is 0.503. The van der Waals surface area contributed by atoms with Crippen molar-refractivity contribution in [3.63, 3.8) is 0 Å². The van der Waals surface area contributed by atoms with Crippen LogP contribution < -0.4 is 10.2 Å². The second-order valence-electron chi connectivity index (χ2n) is 5.50. The summed E-state index contributed by atoms with van der Waals surface area (Å²) in [5.41, 5.74) is 2.37. The fourth-order valence-corrected chi connectivity index (χ4v) is 2.85. The molecular weight excluding hydrogens is 284 g/mol. The Hall–Kier alpha value is -1.45. The molecule has 0 radical (unpaired) electrons. The number of hydrogen-bond donors (Lipinski definition) is 1. The third-order valence-corrected chi connectivity index (χ3v) is 4.16. The predicted molar refractivity (Wildman–Crippen MR) is 86.7 cm³/mol. The van der Waals surface area contributed by atoms with Crippen LogP contribution in [0.2, 0.25) is 5.02 Å². The number of hydrogen-bond acceptors (Lipinski definition) is 3. The summed E-state index contributed by atoms with van der Waals surface area (Å²) in [4.78, 5) is 2.27. The maximum atomic E-state index is 6.47. The van der Waals surface area contributed by atoms with Crippen molar-refractivity contribution in [2.24, 2.45) is 0 Å². The number of rotatable bonds is 7. The fourth-order valence-electron chi connectivity index (χ4n) is 2.54. The van der Waals surface area contributed by atoms with Gasteiger partial charge < -0.3 is 14.6 Å². The van der Waals surface area contributed by atoms with Crippen LogP contribution in [0.5, 0.6) is 0 Å². The lowest BCUT2D eigenvalue weighted by Crippen LogP contribution is -2.25. The average Bonchev–Trinajstić information content (AvgIpc) is 3.18. The number of nitrogens with zero attached hydrogens (tertiary/aromatic N) is 1. The Morgan fingerprint density at radius 2 is 2.14 bits per heavy atom. The van der Waals surface area contributed by atoms with Crippen molar-refractivity contribution in [3.05, 3.63) is 52.9 Å². The zero-order valence-corrected chi connectivity index (χ0v) is 13.1. The number of benzene rings is 1. The lowest BCUT2D eigenvalue weighted by atomic mass is 10.1.